The topological polar surface area (TPSA) is 86.7 Å². The highest BCUT2D eigenvalue weighted by Gasteiger charge is 2.45. The van der Waals surface area contributed by atoms with E-state index in [1.165, 1.54) is 0 Å². The Morgan fingerprint density at radius 1 is 1.00 bits per heavy atom. The Hall–Kier alpha value is 0.170. The van der Waals surface area contributed by atoms with E-state index in [0.29, 0.717) is 31.4 Å². The fraction of sp³-hybridized carbons (Fsp3) is 1.00. The Morgan fingerprint density at radius 2 is 1.39 bits per heavy atom. The standard InChI is InChI=1S/C9H16O6S3/c1-2-16-9(17(10,11)14-7-3-4-7)18(12,13)15-8-5-6-8/h7-9H,2-6H2,1H3. The molecule has 0 heterocycles. The van der Waals surface area contributed by atoms with Crippen LogP contribution in [0.2, 0.25) is 0 Å². The van der Waals surface area contributed by atoms with Crippen molar-refractivity contribution < 1.29 is 25.2 Å². The zero-order chi connectivity index (χ0) is 13.4. The van der Waals surface area contributed by atoms with Crippen LogP contribution < -0.4 is 0 Å². The predicted molar refractivity (Wildman–Crippen MR) is 68.0 cm³/mol. The molecule has 0 saturated heterocycles. The number of thioether (sulfide) groups is 1. The molecule has 0 spiro atoms. The minimum atomic E-state index is -4.15. The Bertz CT molecular complexity index is 444. The second-order valence-electron chi connectivity index (χ2n) is 4.32. The van der Waals surface area contributed by atoms with Gasteiger partial charge in [0.1, 0.15) is 0 Å². The molecule has 2 aliphatic rings. The van der Waals surface area contributed by atoms with Crippen LogP contribution in [0.15, 0.2) is 0 Å². The van der Waals surface area contributed by atoms with E-state index in [1.807, 2.05) is 0 Å². The van der Waals surface area contributed by atoms with Gasteiger partial charge in [-0.05, 0) is 31.4 Å². The maximum atomic E-state index is 11.9. The smallest absolute Gasteiger partial charge is 0.265 e. The van der Waals surface area contributed by atoms with Gasteiger partial charge in [-0.25, -0.2) is 0 Å². The molecule has 0 N–H and O–H groups in total. The summed E-state index contributed by atoms with van der Waals surface area (Å²) in [4.78, 5) is 0. The molecule has 9 heteroatoms. The molecule has 0 bridgehead atoms. The van der Waals surface area contributed by atoms with Gasteiger partial charge in [0.25, 0.3) is 24.2 Å². The first-order valence-corrected chi connectivity index (χ1v) is 9.80. The predicted octanol–water partition coefficient (Wildman–Crippen LogP) is 1.04. The van der Waals surface area contributed by atoms with Gasteiger partial charge in [0.15, 0.2) is 0 Å². The highest BCUT2D eigenvalue weighted by atomic mass is 32.3. The van der Waals surface area contributed by atoms with Gasteiger partial charge in [0.05, 0.1) is 12.2 Å². The van der Waals surface area contributed by atoms with E-state index in [9.17, 15) is 16.8 Å². The molecule has 0 aromatic heterocycles. The first-order valence-electron chi connectivity index (χ1n) is 5.81. The third-order valence-electron chi connectivity index (χ3n) is 2.36. The summed E-state index contributed by atoms with van der Waals surface area (Å²) in [5.74, 6) is 0.352. The van der Waals surface area contributed by atoms with E-state index in [-0.39, 0.29) is 12.2 Å². The van der Waals surface area contributed by atoms with E-state index in [1.54, 1.807) is 6.92 Å². The van der Waals surface area contributed by atoms with Crippen LogP contribution in [0.4, 0.5) is 0 Å². The second kappa shape index (κ2) is 5.28. The van der Waals surface area contributed by atoms with Crippen LogP contribution in [0, 0.1) is 0 Å². The van der Waals surface area contributed by atoms with Gasteiger partial charge in [-0.1, -0.05) is 6.92 Å². The van der Waals surface area contributed by atoms with Crippen molar-refractivity contribution in [1.82, 2.24) is 0 Å². The molecule has 6 nitrogen and oxygen atoms in total. The fourth-order valence-electron chi connectivity index (χ4n) is 1.25. The second-order valence-corrected chi connectivity index (χ2v) is 9.90. The molecule has 0 radical (unpaired) electrons. The van der Waals surface area contributed by atoms with E-state index in [0.717, 1.165) is 11.8 Å². The van der Waals surface area contributed by atoms with Gasteiger partial charge in [-0.15, -0.1) is 11.8 Å². The average Bonchev–Trinajstić information content (AvgIpc) is 3.10. The molecule has 0 aliphatic heterocycles. The van der Waals surface area contributed by atoms with Crippen LogP contribution in [-0.2, 0) is 28.6 Å². The van der Waals surface area contributed by atoms with Gasteiger partial charge in [-0.2, -0.15) is 16.8 Å². The van der Waals surface area contributed by atoms with E-state index >= 15 is 0 Å². The Morgan fingerprint density at radius 3 is 1.67 bits per heavy atom. The van der Waals surface area contributed by atoms with Crippen LogP contribution in [0.3, 0.4) is 0 Å². The van der Waals surface area contributed by atoms with E-state index in [4.69, 9.17) is 8.37 Å². The van der Waals surface area contributed by atoms with Gasteiger partial charge in [-0.3, -0.25) is 8.37 Å². The minimum Gasteiger partial charge on any atom is -0.265 e. The molecule has 2 aliphatic carbocycles. The molecule has 106 valence electrons. The summed E-state index contributed by atoms with van der Waals surface area (Å²) in [6.45, 7) is 1.69. The Labute approximate surface area is 112 Å². The van der Waals surface area contributed by atoms with Crippen LogP contribution in [0.25, 0.3) is 0 Å². The summed E-state index contributed by atoms with van der Waals surface area (Å²) in [5, 5.41) is 0. The number of hydrogen-bond acceptors (Lipinski definition) is 7. The van der Waals surface area contributed by atoms with Crippen molar-refractivity contribution in [3.05, 3.63) is 0 Å². The lowest BCUT2D eigenvalue weighted by molar-refractivity contribution is 0.295. The molecule has 0 atom stereocenters. The summed E-state index contributed by atoms with van der Waals surface area (Å²) >= 11 is 0.804. The first-order chi connectivity index (χ1) is 8.35. The number of rotatable bonds is 8. The van der Waals surface area contributed by atoms with Crippen molar-refractivity contribution in [1.29, 1.82) is 0 Å². The molecule has 0 aromatic rings. The summed E-state index contributed by atoms with van der Waals surface area (Å²) < 4.78 is 55.7. The summed E-state index contributed by atoms with van der Waals surface area (Å²) in [6.07, 6.45) is 1.93. The van der Waals surface area contributed by atoms with Crippen LogP contribution in [-0.4, -0.2) is 38.7 Å². The quantitative estimate of drug-likeness (QED) is 0.618. The van der Waals surface area contributed by atoms with E-state index < -0.39 is 24.2 Å². The van der Waals surface area contributed by atoms with Gasteiger partial charge in [0.2, 0.25) is 0 Å². The summed E-state index contributed by atoms with van der Waals surface area (Å²) in [6, 6.07) is 0. The molecule has 2 fully saturated rings. The maximum Gasteiger partial charge on any atom is 0.297 e. The van der Waals surface area contributed by atoms with E-state index in [2.05, 4.69) is 0 Å². The van der Waals surface area contributed by atoms with Crippen LogP contribution >= 0.6 is 11.8 Å². The zero-order valence-electron chi connectivity index (χ0n) is 9.94. The van der Waals surface area contributed by atoms with Gasteiger partial charge >= 0.3 is 0 Å². The van der Waals surface area contributed by atoms with Crippen molar-refractivity contribution in [3.8, 4) is 0 Å². The number of hydrogen-bond donors (Lipinski definition) is 0. The van der Waals surface area contributed by atoms with Gasteiger partial charge in [0, 0.05) is 0 Å². The van der Waals surface area contributed by atoms with Crippen molar-refractivity contribution in [2.45, 2.75) is 48.7 Å². The minimum absolute atomic E-state index is 0.352. The molecule has 0 amide bonds. The maximum absolute atomic E-state index is 11.9. The summed E-state index contributed by atoms with van der Waals surface area (Å²) in [7, 11) is -8.29. The fourth-order valence-corrected chi connectivity index (χ4v) is 6.69. The normalized spacial score (nSPS) is 21.4. The molecule has 0 unspecified atom stereocenters. The Kier molecular flexibility index (Phi) is 4.27. The monoisotopic (exact) mass is 316 g/mol. The SMILES string of the molecule is CCSC(S(=O)(=O)OC1CC1)S(=O)(=O)OC1CC1. The lowest BCUT2D eigenvalue weighted by Crippen LogP contribution is -2.31. The lowest BCUT2D eigenvalue weighted by Gasteiger charge is -2.16. The molecule has 2 rings (SSSR count). The Balaban J connectivity index is 2.14. The van der Waals surface area contributed by atoms with Crippen LogP contribution in [0.5, 0.6) is 0 Å². The van der Waals surface area contributed by atoms with Gasteiger partial charge < -0.3 is 0 Å². The van der Waals surface area contributed by atoms with Crippen molar-refractivity contribution >= 4 is 32.0 Å². The first kappa shape index (κ1) is 14.6. The van der Waals surface area contributed by atoms with Crippen molar-refractivity contribution in [2.75, 3.05) is 5.75 Å². The highest BCUT2D eigenvalue weighted by molar-refractivity contribution is 8.24. The molecule has 18 heavy (non-hydrogen) atoms. The largest absolute Gasteiger partial charge is 0.297 e. The molecule has 0 aromatic carbocycles. The molecular formula is C9H16O6S3. The molecular weight excluding hydrogens is 300 g/mol. The van der Waals surface area contributed by atoms with Crippen molar-refractivity contribution in [2.24, 2.45) is 0 Å². The summed E-state index contributed by atoms with van der Waals surface area (Å²) in [5.41, 5.74) is 0. The molecule has 2 saturated carbocycles. The van der Waals surface area contributed by atoms with Crippen LogP contribution in [0.1, 0.15) is 32.6 Å². The third-order valence-corrected chi connectivity index (χ3v) is 8.64. The third kappa shape index (κ3) is 3.83. The lowest BCUT2D eigenvalue weighted by atomic mass is 10.9. The zero-order valence-corrected chi connectivity index (χ0v) is 12.4. The van der Waals surface area contributed by atoms with Crippen molar-refractivity contribution in [3.63, 3.8) is 0 Å². The highest BCUT2D eigenvalue weighted by Crippen LogP contribution is 2.35. The average molecular weight is 316 g/mol.